The van der Waals surface area contributed by atoms with Crippen molar-refractivity contribution < 1.29 is 0 Å². The van der Waals surface area contributed by atoms with Gasteiger partial charge in [-0.15, -0.1) is 0 Å². The molecule has 1 N–H and O–H groups in total. The Morgan fingerprint density at radius 2 is 1.75 bits per heavy atom. The summed E-state index contributed by atoms with van der Waals surface area (Å²) in [6.07, 6.45) is 6.63. The van der Waals surface area contributed by atoms with E-state index in [9.17, 15) is 0 Å². The molecule has 1 fully saturated rings. The number of hydrogen-bond donors (Lipinski definition) is 1. The van der Waals surface area contributed by atoms with Crippen LogP contribution in [0.4, 0.5) is 0 Å². The third kappa shape index (κ3) is 4.84. The van der Waals surface area contributed by atoms with Gasteiger partial charge in [-0.05, 0) is 44.8 Å². The minimum absolute atomic E-state index is 0.790. The fraction of sp³-hybridized carbons (Fsp3) is 1.00. The van der Waals surface area contributed by atoms with Crippen LogP contribution in [0.3, 0.4) is 0 Å². The highest BCUT2D eigenvalue weighted by Crippen LogP contribution is 2.15. The molecule has 1 rings (SSSR count). The molecular weight excluding hydrogens is 196 g/mol. The van der Waals surface area contributed by atoms with E-state index in [0.717, 1.165) is 12.0 Å². The van der Waals surface area contributed by atoms with Gasteiger partial charge in [-0.1, -0.05) is 33.6 Å². The lowest BCUT2D eigenvalue weighted by molar-refractivity contribution is 0.168. The Labute approximate surface area is 102 Å². The molecule has 0 radical (unpaired) electrons. The summed E-state index contributed by atoms with van der Waals surface area (Å²) in [5.74, 6) is 0.917. The van der Waals surface area contributed by atoms with Gasteiger partial charge in [-0.25, -0.2) is 0 Å². The second-order valence-electron chi connectivity index (χ2n) is 5.21. The van der Waals surface area contributed by atoms with Crippen molar-refractivity contribution in [3.8, 4) is 0 Å². The first-order chi connectivity index (χ1) is 7.80. The summed E-state index contributed by atoms with van der Waals surface area (Å²) >= 11 is 0. The predicted molar refractivity (Wildman–Crippen MR) is 71.8 cm³/mol. The van der Waals surface area contributed by atoms with Crippen LogP contribution in [0.2, 0.25) is 0 Å². The van der Waals surface area contributed by atoms with Crippen LogP contribution in [-0.2, 0) is 0 Å². The van der Waals surface area contributed by atoms with E-state index in [4.69, 9.17) is 0 Å². The zero-order valence-corrected chi connectivity index (χ0v) is 11.5. The number of piperidine rings is 1. The monoisotopic (exact) mass is 226 g/mol. The maximum Gasteiger partial charge on any atom is 0.00914 e. The van der Waals surface area contributed by atoms with Crippen molar-refractivity contribution in [1.82, 2.24) is 10.2 Å². The zero-order chi connectivity index (χ0) is 11.8. The van der Waals surface area contributed by atoms with Gasteiger partial charge in [0.2, 0.25) is 0 Å². The molecule has 0 aromatic rings. The normalized spacial score (nSPS) is 19.5. The summed E-state index contributed by atoms with van der Waals surface area (Å²) < 4.78 is 0. The third-order valence-electron chi connectivity index (χ3n) is 3.94. The molecule has 1 aliphatic rings. The standard InChI is InChI=1S/C14H30N2/c1-4-9-15-14-7-10-16(11-8-14)12-13(5-2)6-3/h13-15H,4-12H2,1-3H3. The lowest BCUT2D eigenvalue weighted by atomic mass is 9.99. The molecule has 1 saturated heterocycles. The number of hydrogen-bond acceptors (Lipinski definition) is 2. The SMILES string of the molecule is CCCNC1CCN(CC(CC)CC)CC1. The van der Waals surface area contributed by atoms with Crippen molar-refractivity contribution in [3.05, 3.63) is 0 Å². The number of rotatable bonds is 7. The largest absolute Gasteiger partial charge is 0.314 e. The van der Waals surface area contributed by atoms with E-state index in [1.807, 2.05) is 0 Å². The smallest absolute Gasteiger partial charge is 0.00914 e. The van der Waals surface area contributed by atoms with Crippen LogP contribution in [0.15, 0.2) is 0 Å². The first kappa shape index (κ1) is 14.0. The highest BCUT2D eigenvalue weighted by molar-refractivity contribution is 4.78. The summed E-state index contributed by atoms with van der Waals surface area (Å²) in [6.45, 7) is 12.0. The van der Waals surface area contributed by atoms with E-state index in [1.165, 1.54) is 58.3 Å². The zero-order valence-electron chi connectivity index (χ0n) is 11.5. The van der Waals surface area contributed by atoms with Crippen molar-refractivity contribution in [2.24, 2.45) is 5.92 Å². The van der Waals surface area contributed by atoms with Crippen LogP contribution >= 0.6 is 0 Å². The Bertz CT molecular complexity index is 158. The van der Waals surface area contributed by atoms with Gasteiger partial charge in [0.05, 0.1) is 0 Å². The Hall–Kier alpha value is -0.0800. The summed E-state index contributed by atoms with van der Waals surface area (Å²) in [4.78, 5) is 2.67. The van der Waals surface area contributed by atoms with Crippen LogP contribution in [0.5, 0.6) is 0 Å². The van der Waals surface area contributed by atoms with Crippen LogP contribution < -0.4 is 5.32 Å². The molecule has 0 amide bonds. The second kappa shape index (κ2) is 8.08. The Balaban J connectivity index is 2.16. The lowest BCUT2D eigenvalue weighted by Crippen LogP contribution is -2.44. The highest BCUT2D eigenvalue weighted by atomic mass is 15.1. The van der Waals surface area contributed by atoms with Gasteiger partial charge in [-0.2, -0.15) is 0 Å². The maximum absolute atomic E-state index is 3.65. The van der Waals surface area contributed by atoms with E-state index < -0.39 is 0 Å². The first-order valence-electron chi connectivity index (χ1n) is 7.25. The van der Waals surface area contributed by atoms with Crippen LogP contribution in [0.1, 0.15) is 52.9 Å². The average molecular weight is 226 g/mol. The Kier molecular flexibility index (Phi) is 7.06. The van der Waals surface area contributed by atoms with Crippen LogP contribution in [0.25, 0.3) is 0 Å². The van der Waals surface area contributed by atoms with Crippen molar-refractivity contribution in [2.45, 2.75) is 58.9 Å². The Morgan fingerprint density at radius 3 is 2.25 bits per heavy atom. The molecule has 16 heavy (non-hydrogen) atoms. The summed E-state index contributed by atoms with van der Waals surface area (Å²) in [7, 11) is 0. The van der Waals surface area contributed by atoms with Crippen molar-refractivity contribution in [1.29, 1.82) is 0 Å². The predicted octanol–water partition coefficient (Wildman–Crippen LogP) is 2.89. The third-order valence-corrected chi connectivity index (χ3v) is 3.94. The minimum Gasteiger partial charge on any atom is -0.314 e. The fourth-order valence-electron chi connectivity index (χ4n) is 2.58. The molecule has 0 spiro atoms. The topological polar surface area (TPSA) is 15.3 Å². The molecule has 0 aromatic carbocycles. The van der Waals surface area contributed by atoms with Gasteiger partial charge < -0.3 is 10.2 Å². The highest BCUT2D eigenvalue weighted by Gasteiger charge is 2.19. The molecule has 0 saturated carbocycles. The fourth-order valence-corrected chi connectivity index (χ4v) is 2.58. The molecule has 96 valence electrons. The van der Waals surface area contributed by atoms with Gasteiger partial charge in [-0.3, -0.25) is 0 Å². The van der Waals surface area contributed by atoms with Gasteiger partial charge in [0.15, 0.2) is 0 Å². The van der Waals surface area contributed by atoms with Crippen molar-refractivity contribution in [3.63, 3.8) is 0 Å². The van der Waals surface area contributed by atoms with Crippen LogP contribution in [0, 0.1) is 5.92 Å². The summed E-state index contributed by atoms with van der Waals surface area (Å²) in [6, 6.07) is 0.790. The molecule has 0 bridgehead atoms. The van der Waals surface area contributed by atoms with Crippen molar-refractivity contribution in [2.75, 3.05) is 26.2 Å². The van der Waals surface area contributed by atoms with Gasteiger partial charge in [0.1, 0.15) is 0 Å². The summed E-state index contributed by atoms with van der Waals surface area (Å²) in [5.41, 5.74) is 0. The molecule has 1 heterocycles. The number of likely N-dealkylation sites (tertiary alicyclic amines) is 1. The van der Waals surface area contributed by atoms with E-state index >= 15 is 0 Å². The number of nitrogens with one attached hydrogen (secondary N) is 1. The maximum atomic E-state index is 3.65. The quantitative estimate of drug-likeness (QED) is 0.718. The number of nitrogens with zero attached hydrogens (tertiary/aromatic N) is 1. The van der Waals surface area contributed by atoms with E-state index in [1.54, 1.807) is 0 Å². The molecule has 2 nitrogen and oxygen atoms in total. The molecule has 0 unspecified atom stereocenters. The average Bonchev–Trinajstić information content (AvgIpc) is 2.35. The minimum atomic E-state index is 0.790. The molecule has 0 atom stereocenters. The second-order valence-corrected chi connectivity index (χ2v) is 5.21. The van der Waals surface area contributed by atoms with E-state index in [-0.39, 0.29) is 0 Å². The van der Waals surface area contributed by atoms with Crippen molar-refractivity contribution >= 4 is 0 Å². The molecular formula is C14H30N2. The molecule has 0 aliphatic carbocycles. The lowest BCUT2D eigenvalue weighted by Gasteiger charge is -2.34. The summed E-state index contributed by atoms with van der Waals surface area (Å²) in [5, 5.41) is 3.65. The molecule has 0 aromatic heterocycles. The van der Waals surface area contributed by atoms with Crippen LogP contribution in [-0.4, -0.2) is 37.1 Å². The van der Waals surface area contributed by atoms with E-state index in [0.29, 0.717) is 0 Å². The van der Waals surface area contributed by atoms with Gasteiger partial charge >= 0.3 is 0 Å². The molecule has 1 aliphatic heterocycles. The first-order valence-corrected chi connectivity index (χ1v) is 7.25. The Morgan fingerprint density at radius 1 is 1.12 bits per heavy atom. The van der Waals surface area contributed by atoms with Gasteiger partial charge in [0, 0.05) is 12.6 Å². The molecule has 2 heteroatoms. The van der Waals surface area contributed by atoms with Gasteiger partial charge in [0.25, 0.3) is 0 Å². The van der Waals surface area contributed by atoms with E-state index in [2.05, 4.69) is 31.0 Å².